The molecule has 17 heavy (non-hydrogen) atoms. The SMILES string of the molecule is COCCN(CCC#N)C(=O)CCCC(C)N. The van der Waals surface area contributed by atoms with Crippen molar-refractivity contribution in [2.45, 2.75) is 38.6 Å². The molecule has 0 aromatic heterocycles. The molecule has 1 atom stereocenters. The maximum absolute atomic E-state index is 11.9. The summed E-state index contributed by atoms with van der Waals surface area (Å²) in [6, 6.07) is 2.18. The Morgan fingerprint density at radius 1 is 1.53 bits per heavy atom. The van der Waals surface area contributed by atoms with E-state index in [-0.39, 0.29) is 11.9 Å². The van der Waals surface area contributed by atoms with Gasteiger partial charge in [-0.15, -0.1) is 0 Å². The van der Waals surface area contributed by atoms with Gasteiger partial charge in [-0.1, -0.05) is 0 Å². The second-order valence-corrected chi connectivity index (χ2v) is 4.15. The van der Waals surface area contributed by atoms with E-state index in [9.17, 15) is 4.79 Å². The fourth-order valence-corrected chi connectivity index (χ4v) is 1.48. The van der Waals surface area contributed by atoms with E-state index in [0.717, 1.165) is 12.8 Å². The summed E-state index contributed by atoms with van der Waals surface area (Å²) in [5.41, 5.74) is 5.63. The van der Waals surface area contributed by atoms with E-state index in [0.29, 0.717) is 32.5 Å². The standard InChI is InChI=1S/C12H23N3O2/c1-11(14)5-3-6-12(16)15(8-4-7-13)9-10-17-2/h11H,3-6,8-10,14H2,1-2H3. The third-order valence-corrected chi connectivity index (χ3v) is 2.46. The average Bonchev–Trinajstić information content (AvgIpc) is 2.28. The van der Waals surface area contributed by atoms with Crippen LogP contribution >= 0.6 is 0 Å². The van der Waals surface area contributed by atoms with Crippen molar-refractivity contribution in [2.75, 3.05) is 26.8 Å². The summed E-state index contributed by atoms with van der Waals surface area (Å²) in [5, 5.41) is 8.54. The van der Waals surface area contributed by atoms with Gasteiger partial charge in [0, 0.05) is 32.7 Å². The van der Waals surface area contributed by atoms with Gasteiger partial charge in [0.05, 0.1) is 19.1 Å². The Morgan fingerprint density at radius 2 is 2.24 bits per heavy atom. The summed E-state index contributed by atoms with van der Waals surface area (Å²) in [7, 11) is 1.60. The number of nitrogens with two attached hydrogens (primary N) is 1. The molecule has 5 heteroatoms. The maximum atomic E-state index is 11.9. The average molecular weight is 241 g/mol. The van der Waals surface area contributed by atoms with Crippen LogP contribution in [0.4, 0.5) is 0 Å². The number of carbonyl (C=O) groups excluding carboxylic acids is 1. The molecule has 0 aliphatic carbocycles. The highest BCUT2D eigenvalue weighted by Crippen LogP contribution is 2.03. The molecule has 0 rings (SSSR count). The number of nitriles is 1. The van der Waals surface area contributed by atoms with Crippen molar-refractivity contribution in [3.8, 4) is 6.07 Å². The number of rotatable bonds is 9. The highest BCUT2D eigenvalue weighted by atomic mass is 16.5. The van der Waals surface area contributed by atoms with Crippen LogP contribution in [-0.2, 0) is 9.53 Å². The van der Waals surface area contributed by atoms with Crippen LogP contribution in [-0.4, -0.2) is 43.7 Å². The van der Waals surface area contributed by atoms with E-state index in [4.69, 9.17) is 15.7 Å². The fourth-order valence-electron chi connectivity index (χ4n) is 1.48. The van der Waals surface area contributed by atoms with Crippen LogP contribution in [0.2, 0.25) is 0 Å². The molecule has 0 aromatic rings. The zero-order chi connectivity index (χ0) is 13.1. The number of amides is 1. The zero-order valence-corrected chi connectivity index (χ0v) is 10.8. The van der Waals surface area contributed by atoms with Gasteiger partial charge >= 0.3 is 0 Å². The molecule has 0 saturated carbocycles. The van der Waals surface area contributed by atoms with Crippen molar-refractivity contribution in [1.29, 1.82) is 5.26 Å². The summed E-state index contributed by atoms with van der Waals surface area (Å²) >= 11 is 0. The summed E-state index contributed by atoms with van der Waals surface area (Å²) in [5.74, 6) is 0.0814. The second kappa shape index (κ2) is 10.1. The molecule has 0 heterocycles. The largest absolute Gasteiger partial charge is 0.383 e. The van der Waals surface area contributed by atoms with E-state index >= 15 is 0 Å². The molecule has 0 aromatic carbocycles. The lowest BCUT2D eigenvalue weighted by molar-refractivity contribution is -0.131. The third kappa shape index (κ3) is 8.66. The van der Waals surface area contributed by atoms with Crippen LogP contribution in [0.25, 0.3) is 0 Å². The Labute approximate surface area is 104 Å². The molecule has 0 aliphatic heterocycles. The van der Waals surface area contributed by atoms with Gasteiger partial charge in [-0.25, -0.2) is 0 Å². The minimum atomic E-state index is 0.0814. The Balaban J connectivity index is 3.98. The first-order chi connectivity index (χ1) is 8.11. The Bertz CT molecular complexity index is 249. The highest BCUT2D eigenvalue weighted by molar-refractivity contribution is 5.76. The van der Waals surface area contributed by atoms with Gasteiger partial charge in [0.2, 0.25) is 5.91 Å². The molecule has 1 amide bonds. The molecule has 0 aliphatic rings. The number of hydrogen-bond acceptors (Lipinski definition) is 4. The van der Waals surface area contributed by atoms with Gasteiger partial charge in [-0.3, -0.25) is 4.79 Å². The predicted octanol–water partition coefficient (Wildman–Crippen LogP) is 0.893. The molecule has 0 fully saturated rings. The summed E-state index contributed by atoms with van der Waals surface area (Å²) in [4.78, 5) is 13.5. The van der Waals surface area contributed by atoms with Gasteiger partial charge in [-0.2, -0.15) is 5.26 Å². The minimum absolute atomic E-state index is 0.0814. The minimum Gasteiger partial charge on any atom is -0.383 e. The van der Waals surface area contributed by atoms with Crippen LogP contribution in [0.1, 0.15) is 32.6 Å². The second-order valence-electron chi connectivity index (χ2n) is 4.15. The van der Waals surface area contributed by atoms with E-state index < -0.39 is 0 Å². The summed E-state index contributed by atoms with van der Waals surface area (Å²) < 4.78 is 4.95. The molecule has 0 saturated heterocycles. The number of methoxy groups -OCH3 is 1. The molecular formula is C12H23N3O2. The number of ether oxygens (including phenoxy) is 1. The summed E-state index contributed by atoms with van der Waals surface area (Å²) in [6.45, 7) is 3.47. The van der Waals surface area contributed by atoms with Crippen LogP contribution in [0.3, 0.4) is 0 Å². The number of carbonyl (C=O) groups is 1. The summed E-state index contributed by atoms with van der Waals surface area (Å²) in [6.07, 6.45) is 2.51. The lowest BCUT2D eigenvalue weighted by Gasteiger charge is -2.21. The fraction of sp³-hybridized carbons (Fsp3) is 0.833. The van der Waals surface area contributed by atoms with Crippen LogP contribution in [0.5, 0.6) is 0 Å². The highest BCUT2D eigenvalue weighted by Gasteiger charge is 2.12. The van der Waals surface area contributed by atoms with E-state index in [1.807, 2.05) is 13.0 Å². The van der Waals surface area contributed by atoms with Crippen LogP contribution in [0.15, 0.2) is 0 Å². The number of hydrogen-bond donors (Lipinski definition) is 1. The van der Waals surface area contributed by atoms with Crippen molar-refractivity contribution in [3.63, 3.8) is 0 Å². The van der Waals surface area contributed by atoms with Crippen molar-refractivity contribution in [2.24, 2.45) is 5.73 Å². The molecule has 98 valence electrons. The maximum Gasteiger partial charge on any atom is 0.222 e. The quantitative estimate of drug-likeness (QED) is 0.650. The number of nitrogens with zero attached hydrogens (tertiary/aromatic N) is 2. The first-order valence-corrected chi connectivity index (χ1v) is 6.01. The van der Waals surface area contributed by atoms with Gasteiger partial charge in [0.1, 0.15) is 0 Å². The molecule has 0 bridgehead atoms. The lowest BCUT2D eigenvalue weighted by atomic mass is 10.1. The van der Waals surface area contributed by atoms with E-state index in [1.165, 1.54) is 0 Å². The molecule has 5 nitrogen and oxygen atoms in total. The van der Waals surface area contributed by atoms with Gasteiger partial charge < -0.3 is 15.4 Å². The normalized spacial score (nSPS) is 11.9. The molecular weight excluding hydrogens is 218 g/mol. The smallest absolute Gasteiger partial charge is 0.222 e. The van der Waals surface area contributed by atoms with Crippen molar-refractivity contribution < 1.29 is 9.53 Å². The van der Waals surface area contributed by atoms with E-state index in [2.05, 4.69) is 0 Å². The van der Waals surface area contributed by atoms with Gasteiger partial charge in [-0.05, 0) is 19.8 Å². The monoisotopic (exact) mass is 241 g/mol. The van der Waals surface area contributed by atoms with E-state index in [1.54, 1.807) is 12.0 Å². The third-order valence-electron chi connectivity index (χ3n) is 2.46. The van der Waals surface area contributed by atoms with Crippen molar-refractivity contribution in [3.05, 3.63) is 0 Å². The van der Waals surface area contributed by atoms with Crippen LogP contribution < -0.4 is 5.73 Å². The topological polar surface area (TPSA) is 79.3 Å². The first-order valence-electron chi connectivity index (χ1n) is 6.01. The molecule has 1 unspecified atom stereocenters. The molecule has 0 radical (unpaired) electrons. The van der Waals surface area contributed by atoms with Gasteiger partial charge in [0.25, 0.3) is 0 Å². The zero-order valence-electron chi connectivity index (χ0n) is 10.8. The van der Waals surface area contributed by atoms with Crippen molar-refractivity contribution >= 4 is 5.91 Å². The molecule has 2 N–H and O–H groups in total. The van der Waals surface area contributed by atoms with Crippen LogP contribution in [0, 0.1) is 11.3 Å². The lowest BCUT2D eigenvalue weighted by Crippen LogP contribution is -2.34. The Kier molecular flexibility index (Phi) is 9.40. The van der Waals surface area contributed by atoms with Crippen molar-refractivity contribution in [1.82, 2.24) is 4.90 Å². The van der Waals surface area contributed by atoms with Gasteiger partial charge in [0.15, 0.2) is 0 Å². The Hall–Kier alpha value is -1.12. The first kappa shape index (κ1) is 15.9. The predicted molar refractivity (Wildman–Crippen MR) is 66.2 cm³/mol. The molecule has 0 spiro atoms. The Morgan fingerprint density at radius 3 is 2.76 bits per heavy atom.